The lowest BCUT2D eigenvalue weighted by Gasteiger charge is -2.03. The van der Waals surface area contributed by atoms with Gasteiger partial charge >= 0.3 is 0 Å². The molecule has 0 saturated heterocycles. The van der Waals surface area contributed by atoms with Crippen molar-refractivity contribution in [1.29, 1.82) is 0 Å². The molecule has 0 fully saturated rings. The minimum absolute atomic E-state index is 0.385. The van der Waals surface area contributed by atoms with Crippen LogP contribution in [0.3, 0.4) is 0 Å². The number of aromatic nitrogens is 1. The Labute approximate surface area is 65.2 Å². The molecule has 0 amide bonds. The molecule has 0 radical (unpaired) electrons. The van der Waals surface area contributed by atoms with E-state index in [4.69, 9.17) is 16.2 Å². The van der Waals surface area contributed by atoms with Crippen LogP contribution in [0.5, 0.6) is 5.75 Å². The molecule has 60 valence electrons. The Hall–Kier alpha value is -1.29. The number of nitrogens with two attached hydrogens (primary N) is 2. The molecule has 11 heavy (non-hydrogen) atoms. The van der Waals surface area contributed by atoms with E-state index in [1.54, 1.807) is 19.2 Å². The Morgan fingerprint density at radius 1 is 1.55 bits per heavy atom. The van der Waals surface area contributed by atoms with Crippen LogP contribution in [0.4, 0.5) is 5.82 Å². The Bertz CT molecular complexity index is 249. The van der Waals surface area contributed by atoms with Crippen molar-refractivity contribution < 1.29 is 4.74 Å². The molecule has 0 aliphatic heterocycles. The third kappa shape index (κ3) is 1.59. The van der Waals surface area contributed by atoms with Gasteiger partial charge in [0.25, 0.3) is 0 Å². The molecular weight excluding hydrogens is 142 g/mol. The van der Waals surface area contributed by atoms with Crippen molar-refractivity contribution in [3.8, 4) is 5.75 Å². The first-order valence-corrected chi connectivity index (χ1v) is 3.27. The second-order valence-electron chi connectivity index (χ2n) is 2.09. The number of pyridine rings is 1. The number of anilines is 1. The van der Waals surface area contributed by atoms with Crippen molar-refractivity contribution >= 4 is 5.82 Å². The number of methoxy groups -OCH3 is 1. The van der Waals surface area contributed by atoms with Crippen molar-refractivity contribution in [2.75, 3.05) is 12.8 Å². The van der Waals surface area contributed by atoms with Gasteiger partial charge in [-0.3, -0.25) is 0 Å². The number of ether oxygens (including phenoxy) is 1. The zero-order valence-electron chi connectivity index (χ0n) is 6.37. The van der Waals surface area contributed by atoms with Crippen molar-refractivity contribution in [3.63, 3.8) is 0 Å². The summed E-state index contributed by atoms with van der Waals surface area (Å²) in [5, 5.41) is 0. The lowest BCUT2D eigenvalue weighted by atomic mass is 10.3. The van der Waals surface area contributed by atoms with Crippen LogP contribution in [0.1, 0.15) is 5.69 Å². The lowest BCUT2D eigenvalue weighted by molar-refractivity contribution is 0.415. The average molecular weight is 153 g/mol. The monoisotopic (exact) mass is 153 g/mol. The molecule has 1 aromatic heterocycles. The van der Waals surface area contributed by atoms with Crippen LogP contribution < -0.4 is 16.2 Å². The molecule has 0 aliphatic rings. The Morgan fingerprint density at radius 3 is 2.73 bits per heavy atom. The Balaban J connectivity index is 2.99. The van der Waals surface area contributed by atoms with Gasteiger partial charge in [0.1, 0.15) is 0 Å². The predicted octanol–water partition coefficient (Wildman–Crippen LogP) is 0.131. The van der Waals surface area contributed by atoms with Crippen LogP contribution in [0.25, 0.3) is 0 Å². The number of rotatable bonds is 2. The van der Waals surface area contributed by atoms with Gasteiger partial charge < -0.3 is 16.2 Å². The maximum Gasteiger partial charge on any atom is 0.166 e. The van der Waals surface area contributed by atoms with E-state index in [2.05, 4.69) is 4.98 Å². The van der Waals surface area contributed by atoms with Crippen molar-refractivity contribution in [3.05, 3.63) is 17.8 Å². The molecule has 0 aromatic carbocycles. The highest BCUT2D eigenvalue weighted by Crippen LogP contribution is 2.17. The van der Waals surface area contributed by atoms with E-state index in [-0.39, 0.29) is 0 Å². The highest BCUT2D eigenvalue weighted by Gasteiger charge is 1.99. The van der Waals surface area contributed by atoms with Gasteiger partial charge in [-0.2, -0.15) is 0 Å². The van der Waals surface area contributed by atoms with Gasteiger partial charge in [-0.25, -0.2) is 4.98 Å². The molecule has 0 unspecified atom stereocenters. The number of nitrogen functional groups attached to an aromatic ring is 1. The minimum atomic E-state index is 0.385. The smallest absolute Gasteiger partial charge is 0.166 e. The number of hydrogen-bond donors (Lipinski definition) is 2. The van der Waals surface area contributed by atoms with E-state index in [0.29, 0.717) is 18.1 Å². The highest BCUT2D eigenvalue weighted by molar-refractivity contribution is 5.46. The molecule has 0 atom stereocenters. The molecule has 0 spiro atoms. The fourth-order valence-electron chi connectivity index (χ4n) is 0.791. The summed E-state index contributed by atoms with van der Waals surface area (Å²) in [5.74, 6) is 0.970. The fraction of sp³-hybridized carbons (Fsp3) is 0.286. The van der Waals surface area contributed by atoms with E-state index in [9.17, 15) is 0 Å². The van der Waals surface area contributed by atoms with Gasteiger partial charge in [0, 0.05) is 6.54 Å². The molecule has 1 heterocycles. The number of nitrogens with zero attached hydrogens (tertiary/aromatic N) is 1. The molecule has 4 heteroatoms. The topological polar surface area (TPSA) is 74.2 Å². The van der Waals surface area contributed by atoms with E-state index >= 15 is 0 Å². The quantitative estimate of drug-likeness (QED) is 0.633. The molecular formula is C7H11N3O. The van der Waals surface area contributed by atoms with Gasteiger partial charge in [-0.1, -0.05) is 0 Å². The van der Waals surface area contributed by atoms with Crippen molar-refractivity contribution in [2.45, 2.75) is 6.54 Å². The van der Waals surface area contributed by atoms with Gasteiger partial charge in [-0.05, 0) is 12.1 Å². The maximum absolute atomic E-state index is 5.52. The fourth-order valence-corrected chi connectivity index (χ4v) is 0.791. The SMILES string of the molecule is COc1ccc(CN)nc1N. The summed E-state index contributed by atoms with van der Waals surface area (Å²) in [6, 6.07) is 3.54. The predicted molar refractivity (Wildman–Crippen MR) is 43.1 cm³/mol. The molecule has 0 saturated carbocycles. The molecule has 0 aliphatic carbocycles. The molecule has 1 rings (SSSR count). The van der Waals surface area contributed by atoms with Crippen molar-refractivity contribution in [2.24, 2.45) is 5.73 Å². The summed E-state index contributed by atoms with van der Waals surface area (Å²) < 4.78 is 4.92. The van der Waals surface area contributed by atoms with Crippen molar-refractivity contribution in [1.82, 2.24) is 4.98 Å². The third-order valence-corrected chi connectivity index (χ3v) is 1.37. The van der Waals surface area contributed by atoms with Crippen LogP contribution in [-0.4, -0.2) is 12.1 Å². The second kappa shape index (κ2) is 3.21. The van der Waals surface area contributed by atoms with E-state index in [1.165, 1.54) is 0 Å². The highest BCUT2D eigenvalue weighted by atomic mass is 16.5. The first-order valence-electron chi connectivity index (χ1n) is 3.27. The Morgan fingerprint density at radius 2 is 2.27 bits per heavy atom. The van der Waals surface area contributed by atoms with Crippen LogP contribution in [-0.2, 0) is 6.54 Å². The first-order chi connectivity index (χ1) is 5.27. The summed E-state index contributed by atoms with van der Waals surface area (Å²) in [6.45, 7) is 0.397. The molecule has 4 nitrogen and oxygen atoms in total. The summed E-state index contributed by atoms with van der Waals surface area (Å²) in [5.41, 5.74) is 11.6. The normalized spacial score (nSPS) is 9.64. The number of hydrogen-bond acceptors (Lipinski definition) is 4. The van der Waals surface area contributed by atoms with Crippen LogP contribution in [0, 0.1) is 0 Å². The standard InChI is InChI=1S/C7H11N3O/c1-11-6-3-2-5(4-8)10-7(6)9/h2-3H,4,8H2,1H3,(H2,9,10). The lowest BCUT2D eigenvalue weighted by Crippen LogP contribution is -2.03. The van der Waals surface area contributed by atoms with Gasteiger partial charge in [0.15, 0.2) is 11.6 Å². The van der Waals surface area contributed by atoms with Gasteiger partial charge in [0.2, 0.25) is 0 Å². The zero-order chi connectivity index (χ0) is 8.27. The van der Waals surface area contributed by atoms with Gasteiger partial charge in [-0.15, -0.1) is 0 Å². The molecule has 4 N–H and O–H groups in total. The van der Waals surface area contributed by atoms with Crippen LogP contribution in [0.2, 0.25) is 0 Å². The maximum atomic E-state index is 5.52. The van der Waals surface area contributed by atoms with E-state index < -0.39 is 0 Å². The molecule has 0 bridgehead atoms. The first kappa shape index (κ1) is 7.81. The van der Waals surface area contributed by atoms with E-state index in [1.807, 2.05) is 0 Å². The second-order valence-corrected chi connectivity index (χ2v) is 2.09. The van der Waals surface area contributed by atoms with Crippen LogP contribution in [0.15, 0.2) is 12.1 Å². The molecule has 1 aromatic rings. The minimum Gasteiger partial charge on any atom is -0.493 e. The third-order valence-electron chi connectivity index (χ3n) is 1.37. The summed E-state index contributed by atoms with van der Waals surface area (Å²) >= 11 is 0. The Kier molecular flexibility index (Phi) is 2.28. The van der Waals surface area contributed by atoms with E-state index in [0.717, 1.165) is 5.69 Å². The van der Waals surface area contributed by atoms with Gasteiger partial charge in [0.05, 0.1) is 12.8 Å². The average Bonchev–Trinajstić information content (AvgIpc) is 2.04. The zero-order valence-corrected chi connectivity index (χ0v) is 6.37. The summed E-state index contributed by atoms with van der Waals surface area (Å²) in [6.07, 6.45) is 0. The summed E-state index contributed by atoms with van der Waals surface area (Å²) in [4.78, 5) is 3.99. The summed E-state index contributed by atoms with van der Waals surface area (Å²) in [7, 11) is 1.55. The largest absolute Gasteiger partial charge is 0.493 e. The van der Waals surface area contributed by atoms with Crippen LogP contribution >= 0.6 is 0 Å².